The normalized spacial score (nSPS) is 15.8. The van der Waals surface area contributed by atoms with Gasteiger partial charge in [0.25, 0.3) is 0 Å². The Morgan fingerprint density at radius 1 is 1.14 bits per heavy atom. The van der Waals surface area contributed by atoms with Gasteiger partial charge in [-0.15, -0.1) is 0 Å². The summed E-state index contributed by atoms with van der Waals surface area (Å²) in [6.45, 7) is 3.50. The van der Waals surface area contributed by atoms with Crippen LogP contribution in [0.15, 0.2) is 30.6 Å². The maximum atomic E-state index is 11.3. The van der Waals surface area contributed by atoms with Crippen LogP contribution in [0.1, 0.15) is 10.5 Å². The van der Waals surface area contributed by atoms with E-state index in [0.717, 1.165) is 31.7 Å². The Morgan fingerprint density at radius 3 is 2.45 bits per heavy atom. The van der Waals surface area contributed by atoms with E-state index in [2.05, 4.69) is 31.8 Å². The van der Waals surface area contributed by atoms with Gasteiger partial charge in [0.15, 0.2) is 11.5 Å². The summed E-state index contributed by atoms with van der Waals surface area (Å²) < 4.78 is 0. The van der Waals surface area contributed by atoms with Crippen molar-refractivity contribution >= 4 is 11.8 Å². The molecule has 7 nitrogen and oxygen atoms in total. The molecule has 0 spiro atoms. The van der Waals surface area contributed by atoms with Gasteiger partial charge >= 0.3 is 5.97 Å². The number of anilines is 1. The van der Waals surface area contributed by atoms with Crippen LogP contribution in [-0.2, 0) is 0 Å². The third-order valence-corrected chi connectivity index (χ3v) is 3.70. The largest absolute Gasteiger partial charge is 0.477 e. The molecule has 0 bridgehead atoms. The first-order valence-electron chi connectivity index (χ1n) is 7.10. The van der Waals surface area contributed by atoms with Crippen molar-refractivity contribution in [1.29, 1.82) is 0 Å². The lowest BCUT2D eigenvalue weighted by atomic mass is 10.2. The first-order valence-corrected chi connectivity index (χ1v) is 7.10. The molecule has 0 atom stereocenters. The number of rotatable bonds is 3. The number of carbonyl (C=O) groups is 1. The van der Waals surface area contributed by atoms with Crippen LogP contribution in [0.5, 0.6) is 0 Å². The smallest absolute Gasteiger partial charge is 0.354 e. The molecular formula is C15H17N5O2. The highest BCUT2D eigenvalue weighted by Gasteiger charge is 2.19. The van der Waals surface area contributed by atoms with Crippen molar-refractivity contribution < 1.29 is 9.90 Å². The molecule has 0 radical (unpaired) electrons. The molecule has 2 aromatic rings. The summed E-state index contributed by atoms with van der Waals surface area (Å²) in [6.07, 6.45) is 3.28. The maximum Gasteiger partial charge on any atom is 0.354 e. The second kappa shape index (κ2) is 6.07. The zero-order valence-electron chi connectivity index (χ0n) is 12.3. The number of aromatic carboxylic acids is 1. The van der Waals surface area contributed by atoms with E-state index in [1.165, 1.54) is 0 Å². The monoisotopic (exact) mass is 299 g/mol. The summed E-state index contributed by atoms with van der Waals surface area (Å²) in [5.74, 6) is 0.0247. The Morgan fingerprint density at radius 2 is 1.82 bits per heavy atom. The van der Waals surface area contributed by atoms with Gasteiger partial charge in [-0.25, -0.2) is 14.8 Å². The van der Waals surface area contributed by atoms with Crippen LogP contribution in [0.3, 0.4) is 0 Å². The van der Waals surface area contributed by atoms with E-state index >= 15 is 0 Å². The van der Waals surface area contributed by atoms with Crippen LogP contribution in [0.4, 0.5) is 5.82 Å². The first-order chi connectivity index (χ1) is 10.6. The fourth-order valence-corrected chi connectivity index (χ4v) is 2.37. The third kappa shape index (κ3) is 3.04. The Kier molecular flexibility index (Phi) is 3.97. The molecule has 0 amide bonds. The van der Waals surface area contributed by atoms with Crippen molar-refractivity contribution in [2.45, 2.75) is 0 Å². The number of hydrogen-bond donors (Lipinski definition) is 1. The quantitative estimate of drug-likeness (QED) is 0.905. The van der Waals surface area contributed by atoms with Gasteiger partial charge < -0.3 is 14.9 Å². The fraction of sp³-hybridized carbons (Fsp3) is 0.333. The van der Waals surface area contributed by atoms with Crippen LogP contribution in [0.25, 0.3) is 11.4 Å². The van der Waals surface area contributed by atoms with Crippen molar-refractivity contribution in [2.24, 2.45) is 0 Å². The minimum atomic E-state index is -1.05. The molecule has 0 unspecified atom stereocenters. The lowest BCUT2D eigenvalue weighted by molar-refractivity contribution is 0.0690. The molecule has 0 aliphatic carbocycles. The standard InChI is InChI=1S/C15H17N5O2/c1-19-6-8-20(9-7-19)13-10-12(15(21)22)17-14(18-13)11-2-4-16-5-3-11/h2-5,10H,6-9H2,1H3,(H,21,22). The summed E-state index contributed by atoms with van der Waals surface area (Å²) in [6, 6.07) is 5.09. The molecular weight excluding hydrogens is 282 g/mol. The van der Waals surface area contributed by atoms with E-state index in [1.54, 1.807) is 30.6 Å². The van der Waals surface area contributed by atoms with Gasteiger partial charge in [0.2, 0.25) is 0 Å². The Bertz CT molecular complexity index is 669. The van der Waals surface area contributed by atoms with Gasteiger partial charge in [0.05, 0.1) is 0 Å². The number of carboxylic acid groups (broad SMARTS) is 1. The summed E-state index contributed by atoms with van der Waals surface area (Å²) in [4.78, 5) is 28.3. The van der Waals surface area contributed by atoms with Crippen molar-refractivity contribution in [2.75, 3.05) is 38.1 Å². The average Bonchev–Trinajstić information content (AvgIpc) is 2.56. The molecule has 22 heavy (non-hydrogen) atoms. The Balaban J connectivity index is 1.99. The highest BCUT2D eigenvalue weighted by Crippen LogP contribution is 2.20. The molecule has 1 N–H and O–H groups in total. The predicted octanol–water partition coefficient (Wildman–Crippen LogP) is 0.989. The number of aromatic nitrogens is 3. The molecule has 1 fully saturated rings. The van der Waals surface area contributed by atoms with E-state index < -0.39 is 5.97 Å². The number of pyridine rings is 1. The molecule has 3 rings (SSSR count). The van der Waals surface area contributed by atoms with Gasteiger partial charge in [-0.1, -0.05) is 0 Å². The van der Waals surface area contributed by atoms with E-state index in [0.29, 0.717) is 11.6 Å². The zero-order valence-corrected chi connectivity index (χ0v) is 12.3. The van der Waals surface area contributed by atoms with Crippen LogP contribution < -0.4 is 4.90 Å². The molecule has 3 heterocycles. The van der Waals surface area contributed by atoms with Crippen LogP contribution in [0, 0.1) is 0 Å². The van der Waals surface area contributed by atoms with E-state index in [-0.39, 0.29) is 5.69 Å². The Hall–Kier alpha value is -2.54. The predicted molar refractivity (Wildman–Crippen MR) is 81.9 cm³/mol. The van der Waals surface area contributed by atoms with Crippen LogP contribution >= 0.6 is 0 Å². The fourth-order valence-electron chi connectivity index (χ4n) is 2.37. The molecule has 0 saturated carbocycles. The van der Waals surface area contributed by atoms with E-state index in [1.807, 2.05) is 0 Å². The molecule has 1 aliphatic heterocycles. The molecule has 1 aliphatic rings. The summed E-state index contributed by atoms with van der Waals surface area (Å²) in [5, 5.41) is 9.29. The van der Waals surface area contributed by atoms with Crippen molar-refractivity contribution in [1.82, 2.24) is 19.9 Å². The number of nitrogens with zero attached hydrogens (tertiary/aromatic N) is 5. The molecule has 1 saturated heterocycles. The van der Waals surface area contributed by atoms with Crippen molar-refractivity contribution in [3.05, 3.63) is 36.3 Å². The minimum Gasteiger partial charge on any atom is -0.477 e. The van der Waals surface area contributed by atoms with E-state index in [4.69, 9.17) is 0 Å². The average molecular weight is 299 g/mol. The SMILES string of the molecule is CN1CCN(c2cc(C(=O)O)nc(-c3ccncc3)n2)CC1. The molecule has 7 heteroatoms. The van der Waals surface area contributed by atoms with Crippen molar-refractivity contribution in [3.8, 4) is 11.4 Å². The molecule has 114 valence electrons. The number of likely N-dealkylation sites (N-methyl/N-ethyl adjacent to an activating group) is 1. The highest BCUT2D eigenvalue weighted by molar-refractivity contribution is 5.87. The van der Waals surface area contributed by atoms with Crippen LogP contribution in [0.2, 0.25) is 0 Å². The highest BCUT2D eigenvalue weighted by atomic mass is 16.4. The second-order valence-corrected chi connectivity index (χ2v) is 5.27. The number of carboxylic acids is 1. The first kappa shape index (κ1) is 14.4. The van der Waals surface area contributed by atoms with Gasteiger partial charge in [0, 0.05) is 50.2 Å². The summed E-state index contributed by atoms with van der Waals surface area (Å²) >= 11 is 0. The minimum absolute atomic E-state index is 0.00994. The number of piperazine rings is 1. The van der Waals surface area contributed by atoms with Gasteiger partial charge in [-0.05, 0) is 19.2 Å². The van der Waals surface area contributed by atoms with E-state index in [9.17, 15) is 9.90 Å². The topological polar surface area (TPSA) is 82.5 Å². The summed E-state index contributed by atoms with van der Waals surface area (Å²) in [7, 11) is 2.07. The van der Waals surface area contributed by atoms with Gasteiger partial charge in [0.1, 0.15) is 5.82 Å². The third-order valence-electron chi connectivity index (χ3n) is 3.70. The second-order valence-electron chi connectivity index (χ2n) is 5.27. The number of hydrogen-bond acceptors (Lipinski definition) is 6. The van der Waals surface area contributed by atoms with Crippen molar-refractivity contribution in [3.63, 3.8) is 0 Å². The lowest BCUT2D eigenvalue weighted by Gasteiger charge is -2.33. The van der Waals surface area contributed by atoms with Gasteiger partial charge in [-0.2, -0.15) is 0 Å². The van der Waals surface area contributed by atoms with Crippen LogP contribution in [-0.4, -0.2) is 64.2 Å². The zero-order chi connectivity index (χ0) is 15.5. The molecule has 0 aromatic carbocycles. The van der Waals surface area contributed by atoms with Gasteiger partial charge in [-0.3, -0.25) is 4.98 Å². The summed E-state index contributed by atoms with van der Waals surface area (Å²) in [5.41, 5.74) is 0.768. The lowest BCUT2D eigenvalue weighted by Crippen LogP contribution is -2.45. The molecule has 2 aromatic heterocycles. The maximum absolute atomic E-state index is 11.3. The Labute approximate surface area is 128 Å².